The Labute approximate surface area is 205 Å². The molecule has 1 N–H and O–H groups in total. The van der Waals surface area contributed by atoms with Gasteiger partial charge in [-0.2, -0.15) is 0 Å². The lowest BCUT2D eigenvalue weighted by Gasteiger charge is -2.35. The van der Waals surface area contributed by atoms with Gasteiger partial charge in [0.1, 0.15) is 11.6 Å². The van der Waals surface area contributed by atoms with Gasteiger partial charge in [0.25, 0.3) is 0 Å². The van der Waals surface area contributed by atoms with E-state index in [1.54, 1.807) is 4.90 Å². The van der Waals surface area contributed by atoms with Gasteiger partial charge >= 0.3 is 6.09 Å². The summed E-state index contributed by atoms with van der Waals surface area (Å²) in [6, 6.07) is 12.5. The molecule has 2 aromatic rings. The van der Waals surface area contributed by atoms with Gasteiger partial charge < -0.3 is 15.0 Å². The number of likely N-dealkylation sites (tertiary alicyclic amines) is 1. The first-order valence-corrected chi connectivity index (χ1v) is 12.2. The molecule has 8 heteroatoms. The molecule has 0 aromatic heterocycles. The van der Waals surface area contributed by atoms with Crippen molar-refractivity contribution in [3.05, 3.63) is 64.9 Å². The third-order valence-corrected chi connectivity index (χ3v) is 6.98. The molecule has 2 amide bonds. The minimum atomic E-state index is -0.512. The van der Waals surface area contributed by atoms with Gasteiger partial charge in [0.05, 0.1) is 6.04 Å². The molecule has 2 aliphatic rings. The lowest BCUT2D eigenvalue weighted by atomic mass is 9.92. The fraction of sp³-hybridized carbons (Fsp3) is 0.462. The number of carbonyl (C=O) groups is 2. The molecule has 6 nitrogen and oxygen atoms in total. The molecule has 0 radical (unpaired) electrons. The Morgan fingerprint density at radius 1 is 1.06 bits per heavy atom. The van der Waals surface area contributed by atoms with Crippen LogP contribution in [-0.2, 0) is 4.79 Å². The fourth-order valence-corrected chi connectivity index (χ4v) is 5.12. The number of carbonyl (C=O) groups excluding carboxylic acids is 2. The second-order valence-corrected chi connectivity index (χ2v) is 9.75. The van der Waals surface area contributed by atoms with Crippen LogP contribution in [0.15, 0.2) is 48.5 Å². The van der Waals surface area contributed by atoms with E-state index in [2.05, 4.69) is 5.32 Å². The maximum Gasteiger partial charge on any atom is 0.415 e. The van der Waals surface area contributed by atoms with Crippen molar-refractivity contribution in [1.29, 1.82) is 0 Å². The lowest BCUT2D eigenvalue weighted by Crippen LogP contribution is -2.50. The number of ether oxygens (including phenoxy) is 1. The van der Waals surface area contributed by atoms with E-state index in [9.17, 15) is 14.0 Å². The Morgan fingerprint density at radius 3 is 2.32 bits per heavy atom. The molecule has 0 bridgehead atoms. The van der Waals surface area contributed by atoms with E-state index in [1.165, 1.54) is 24.3 Å². The van der Waals surface area contributed by atoms with Crippen molar-refractivity contribution in [1.82, 2.24) is 15.1 Å². The van der Waals surface area contributed by atoms with Crippen molar-refractivity contribution in [2.24, 2.45) is 5.92 Å². The Hall–Kier alpha value is -2.64. The normalized spacial score (nSPS) is 21.0. The summed E-state index contributed by atoms with van der Waals surface area (Å²) in [7, 11) is 0. The number of hydrogen-bond acceptors (Lipinski definition) is 4. The molecular formula is C26H31ClFN3O3. The average molecular weight is 488 g/mol. The van der Waals surface area contributed by atoms with E-state index in [-0.39, 0.29) is 35.6 Å². The van der Waals surface area contributed by atoms with Crippen LogP contribution in [0.5, 0.6) is 5.75 Å². The number of nitrogens with zero attached hydrogens (tertiary/aromatic N) is 2. The number of halogens is 2. The van der Waals surface area contributed by atoms with Crippen LogP contribution in [0.2, 0.25) is 5.02 Å². The van der Waals surface area contributed by atoms with Gasteiger partial charge in [-0.1, -0.05) is 23.7 Å². The first-order chi connectivity index (χ1) is 16.3. The van der Waals surface area contributed by atoms with Crippen LogP contribution in [0.4, 0.5) is 9.18 Å². The maximum atomic E-state index is 13.4. The zero-order chi connectivity index (χ0) is 24.2. The molecule has 2 heterocycles. The molecule has 182 valence electrons. The van der Waals surface area contributed by atoms with Crippen LogP contribution in [0.1, 0.15) is 38.2 Å². The molecule has 0 aliphatic carbocycles. The Bertz CT molecular complexity index is 993. The van der Waals surface area contributed by atoms with Crippen LogP contribution >= 0.6 is 11.6 Å². The summed E-state index contributed by atoms with van der Waals surface area (Å²) in [5.74, 6) is -0.0406. The van der Waals surface area contributed by atoms with E-state index in [1.807, 2.05) is 43.0 Å². The van der Waals surface area contributed by atoms with Gasteiger partial charge in [0.15, 0.2) is 0 Å². The van der Waals surface area contributed by atoms with Crippen molar-refractivity contribution in [3.63, 3.8) is 0 Å². The third kappa shape index (κ3) is 5.53. The minimum Gasteiger partial charge on any atom is -0.410 e. The van der Waals surface area contributed by atoms with Gasteiger partial charge in [0.2, 0.25) is 5.91 Å². The zero-order valence-electron chi connectivity index (χ0n) is 19.5. The topological polar surface area (TPSA) is 61.9 Å². The Morgan fingerprint density at radius 2 is 1.71 bits per heavy atom. The fourth-order valence-electron chi connectivity index (χ4n) is 5.00. The lowest BCUT2D eigenvalue weighted by molar-refractivity contribution is -0.135. The molecule has 2 saturated heterocycles. The molecule has 2 atom stereocenters. The van der Waals surface area contributed by atoms with Crippen molar-refractivity contribution in [3.8, 4) is 5.75 Å². The van der Waals surface area contributed by atoms with E-state index < -0.39 is 11.9 Å². The van der Waals surface area contributed by atoms with Gasteiger partial charge in [0, 0.05) is 36.0 Å². The van der Waals surface area contributed by atoms with Crippen molar-refractivity contribution in [2.75, 3.05) is 26.2 Å². The SMILES string of the molecule is CC(C)N(C(=O)Oc1ccc(F)cc1)C1CN(C(=O)C2CCNCC2)CC1c1ccc(Cl)cc1. The third-order valence-electron chi connectivity index (χ3n) is 6.73. The van der Waals surface area contributed by atoms with Crippen molar-refractivity contribution in [2.45, 2.75) is 44.7 Å². The second kappa shape index (κ2) is 10.7. The van der Waals surface area contributed by atoms with Gasteiger partial charge in [-0.25, -0.2) is 9.18 Å². The number of piperidine rings is 1. The van der Waals surface area contributed by atoms with E-state index >= 15 is 0 Å². The summed E-state index contributed by atoms with van der Waals surface area (Å²) in [5, 5.41) is 3.94. The molecule has 0 spiro atoms. The number of hydrogen-bond donors (Lipinski definition) is 1. The van der Waals surface area contributed by atoms with Gasteiger partial charge in [-0.05, 0) is 81.7 Å². The van der Waals surface area contributed by atoms with E-state index in [0.29, 0.717) is 18.1 Å². The van der Waals surface area contributed by atoms with Crippen LogP contribution in [0, 0.1) is 11.7 Å². The highest BCUT2D eigenvalue weighted by atomic mass is 35.5. The standard InChI is InChI=1S/C26H31ClFN3O3/c1-17(2)31(26(33)34-22-9-7-21(28)8-10-22)24-16-30(25(32)19-11-13-29-14-12-19)15-23(24)18-3-5-20(27)6-4-18/h3-10,17,19,23-24,29H,11-16H2,1-2H3. The summed E-state index contributed by atoms with van der Waals surface area (Å²) in [6.45, 7) is 6.52. The van der Waals surface area contributed by atoms with E-state index in [0.717, 1.165) is 31.5 Å². The Kier molecular flexibility index (Phi) is 7.73. The van der Waals surface area contributed by atoms with Crippen LogP contribution in [-0.4, -0.2) is 60.1 Å². The molecule has 2 unspecified atom stereocenters. The highest BCUT2D eigenvalue weighted by Crippen LogP contribution is 2.35. The van der Waals surface area contributed by atoms with Crippen molar-refractivity contribution < 1.29 is 18.7 Å². The first kappa shape index (κ1) is 24.5. The molecule has 2 fully saturated rings. The average Bonchev–Trinajstić information content (AvgIpc) is 3.25. The maximum absolute atomic E-state index is 13.4. The molecule has 4 rings (SSSR count). The smallest absolute Gasteiger partial charge is 0.410 e. The largest absolute Gasteiger partial charge is 0.415 e. The van der Waals surface area contributed by atoms with Crippen molar-refractivity contribution >= 4 is 23.6 Å². The summed E-state index contributed by atoms with van der Waals surface area (Å²) in [5.41, 5.74) is 1.02. The quantitative estimate of drug-likeness (QED) is 0.665. The Balaban J connectivity index is 1.60. The summed E-state index contributed by atoms with van der Waals surface area (Å²) >= 11 is 6.12. The summed E-state index contributed by atoms with van der Waals surface area (Å²) < 4.78 is 18.9. The molecule has 2 aromatic carbocycles. The molecule has 2 aliphatic heterocycles. The van der Waals surface area contributed by atoms with Gasteiger partial charge in [-0.15, -0.1) is 0 Å². The summed E-state index contributed by atoms with van der Waals surface area (Å²) in [6.07, 6.45) is 1.14. The van der Waals surface area contributed by atoms with Crippen LogP contribution in [0.25, 0.3) is 0 Å². The minimum absolute atomic E-state index is 0.00420. The zero-order valence-corrected chi connectivity index (χ0v) is 20.3. The molecule has 0 saturated carbocycles. The summed E-state index contributed by atoms with van der Waals surface area (Å²) in [4.78, 5) is 30.3. The molecule has 34 heavy (non-hydrogen) atoms. The predicted octanol–water partition coefficient (Wildman–Crippen LogP) is 4.68. The van der Waals surface area contributed by atoms with E-state index in [4.69, 9.17) is 16.3 Å². The predicted molar refractivity (Wildman–Crippen MR) is 130 cm³/mol. The first-order valence-electron chi connectivity index (χ1n) is 11.8. The number of benzene rings is 2. The second-order valence-electron chi connectivity index (χ2n) is 9.32. The highest BCUT2D eigenvalue weighted by Gasteiger charge is 2.44. The highest BCUT2D eigenvalue weighted by molar-refractivity contribution is 6.30. The van der Waals surface area contributed by atoms with Gasteiger partial charge in [-0.3, -0.25) is 9.69 Å². The molecular weight excluding hydrogens is 457 g/mol. The van der Waals surface area contributed by atoms with Crippen LogP contribution in [0.3, 0.4) is 0 Å². The number of amides is 2. The number of nitrogens with one attached hydrogen (secondary N) is 1. The number of rotatable bonds is 5. The van der Waals surface area contributed by atoms with Crippen LogP contribution < -0.4 is 10.1 Å². The monoisotopic (exact) mass is 487 g/mol.